The van der Waals surface area contributed by atoms with Crippen LogP contribution in [0.15, 0.2) is 63.2 Å². The number of hydrogen-bond acceptors (Lipinski definition) is 5. The zero-order valence-corrected chi connectivity index (χ0v) is 17.0. The van der Waals surface area contributed by atoms with E-state index >= 15 is 0 Å². The highest BCUT2D eigenvalue weighted by Crippen LogP contribution is 2.37. The second-order valence-corrected chi connectivity index (χ2v) is 9.04. The average Bonchev–Trinajstić information content (AvgIpc) is 3.32. The van der Waals surface area contributed by atoms with E-state index in [-0.39, 0.29) is 10.8 Å². The lowest BCUT2D eigenvalue weighted by molar-refractivity contribution is 0.634. The van der Waals surface area contributed by atoms with E-state index < -0.39 is 0 Å². The quantitative estimate of drug-likeness (QED) is 0.303. The maximum atomic E-state index is 13.2. The highest BCUT2D eigenvalue weighted by Gasteiger charge is 2.19. The summed E-state index contributed by atoms with van der Waals surface area (Å²) < 4.78 is 1.80. The standard InChI is InChI=1S/C20H18N2OS3/c1-3-22-19(23)17-15(16-10-7-11-24-16)12-25-18(17)21-20(22)26-13(2)14-8-5-4-6-9-14/h4-13H,3H2,1-2H3/t13-/m1/s1. The molecule has 26 heavy (non-hydrogen) atoms. The number of thioether (sulfide) groups is 1. The van der Waals surface area contributed by atoms with E-state index in [1.807, 2.05) is 36.6 Å². The number of fused-ring (bicyclic) bond motifs is 1. The van der Waals surface area contributed by atoms with E-state index in [0.29, 0.717) is 6.54 Å². The number of thiophene rings is 2. The Balaban J connectivity index is 1.80. The summed E-state index contributed by atoms with van der Waals surface area (Å²) in [6.45, 7) is 4.77. The summed E-state index contributed by atoms with van der Waals surface area (Å²) >= 11 is 4.85. The Labute approximate surface area is 164 Å². The first-order chi connectivity index (χ1) is 12.7. The third-order valence-electron chi connectivity index (χ3n) is 4.31. The van der Waals surface area contributed by atoms with Gasteiger partial charge >= 0.3 is 0 Å². The molecule has 4 rings (SSSR count). The van der Waals surface area contributed by atoms with Crippen molar-refractivity contribution in [1.29, 1.82) is 0 Å². The zero-order valence-electron chi connectivity index (χ0n) is 14.5. The molecule has 132 valence electrons. The van der Waals surface area contributed by atoms with Crippen molar-refractivity contribution in [3.8, 4) is 10.4 Å². The topological polar surface area (TPSA) is 34.9 Å². The van der Waals surface area contributed by atoms with Gasteiger partial charge in [0, 0.05) is 27.6 Å². The number of benzene rings is 1. The third kappa shape index (κ3) is 3.13. The van der Waals surface area contributed by atoms with Gasteiger partial charge in [-0.15, -0.1) is 22.7 Å². The third-order valence-corrected chi connectivity index (χ3v) is 7.24. The van der Waals surface area contributed by atoms with Crippen LogP contribution >= 0.6 is 34.4 Å². The first kappa shape index (κ1) is 17.5. The van der Waals surface area contributed by atoms with Crippen LogP contribution in [0.4, 0.5) is 0 Å². The van der Waals surface area contributed by atoms with Crippen LogP contribution < -0.4 is 5.56 Å². The molecule has 3 aromatic heterocycles. The summed E-state index contributed by atoms with van der Waals surface area (Å²) in [5.41, 5.74) is 2.30. The molecule has 0 amide bonds. The Bertz CT molecular complexity index is 1080. The van der Waals surface area contributed by atoms with Crippen molar-refractivity contribution in [2.45, 2.75) is 30.8 Å². The van der Waals surface area contributed by atoms with Crippen LogP contribution in [0, 0.1) is 0 Å². The smallest absolute Gasteiger partial charge is 0.263 e. The molecule has 0 spiro atoms. The molecule has 6 heteroatoms. The molecule has 3 nitrogen and oxygen atoms in total. The van der Waals surface area contributed by atoms with E-state index in [1.54, 1.807) is 39.0 Å². The van der Waals surface area contributed by atoms with Crippen molar-refractivity contribution in [2.75, 3.05) is 0 Å². The molecule has 0 aliphatic carbocycles. The van der Waals surface area contributed by atoms with E-state index in [2.05, 4.69) is 30.5 Å². The van der Waals surface area contributed by atoms with Crippen LogP contribution in [-0.4, -0.2) is 9.55 Å². The van der Waals surface area contributed by atoms with Gasteiger partial charge in [0.05, 0.1) is 5.39 Å². The lowest BCUT2D eigenvalue weighted by Crippen LogP contribution is -2.22. The van der Waals surface area contributed by atoms with Crippen LogP contribution in [0.3, 0.4) is 0 Å². The second kappa shape index (κ2) is 7.39. The number of hydrogen-bond donors (Lipinski definition) is 0. The van der Waals surface area contributed by atoms with Gasteiger partial charge in [-0.05, 0) is 30.9 Å². The van der Waals surface area contributed by atoms with Gasteiger partial charge in [0.2, 0.25) is 0 Å². The zero-order chi connectivity index (χ0) is 18.1. The van der Waals surface area contributed by atoms with Gasteiger partial charge in [-0.25, -0.2) is 4.98 Å². The van der Waals surface area contributed by atoms with Crippen molar-refractivity contribution < 1.29 is 0 Å². The molecule has 0 aliphatic rings. The van der Waals surface area contributed by atoms with E-state index in [0.717, 1.165) is 25.8 Å². The molecule has 0 unspecified atom stereocenters. The van der Waals surface area contributed by atoms with Crippen molar-refractivity contribution in [2.24, 2.45) is 0 Å². The number of nitrogens with zero attached hydrogens (tertiary/aromatic N) is 2. The van der Waals surface area contributed by atoms with Crippen molar-refractivity contribution in [3.05, 3.63) is 69.1 Å². The second-order valence-electron chi connectivity index (χ2n) is 5.92. The van der Waals surface area contributed by atoms with Gasteiger partial charge in [-0.1, -0.05) is 48.2 Å². The minimum atomic E-state index is 0.0601. The van der Waals surface area contributed by atoms with Gasteiger partial charge in [0.1, 0.15) is 4.83 Å². The Morgan fingerprint density at radius 3 is 2.65 bits per heavy atom. The van der Waals surface area contributed by atoms with Gasteiger partial charge in [-0.3, -0.25) is 9.36 Å². The maximum Gasteiger partial charge on any atom is 0.263 e. The minimum absolute atomic E-state index is 0.0601. The highest BCUT2D eigenvalue weighted by molar-refractivity contribution is 7.99. The molecule has 4 aromatic rings. The fourth-order valence-corrected chi connectivity index (χ4v) is 5.84. The number of aromatic nitrogens is 2. The summed E-state index contributed by atoms with van der Waals surface area (Å²) in [4.78, 5) is 20.0. The largest absolute Gasteiger partial charge is 0.287 e. The van der Waals surface area contributed by atoms with Crippen molar-refractivity contribution in [1.82, 2.24) is 9.55 Å². The fraction of sp³-hybridized carbons (Fsp3) is 0.200. The average molecular weight is 399 g/mol. The predicted molar refractivity (Wildman–Crippen MR) is 114 cm³/mol. The van der Waals surface area contributed by atoms with Crippen LogP contribution in [0.25, 0.3) is 20.7 Å². The molecule has 1 aromatic carbocycles. The van der Waals surface area contributed by atoms with Gasteiger partial charge < -0.3 is 0 Å². The minimum Gasteiger partial charge on any atom is -0.287 e. The van der Waals surface area contributed by atoms with Gasteiger partial charge in [0.15, 0.2) is 5.16 Å². The number of rotatable bonds is 5. The molecule has 0 fully saturated rings. The monoisotopic (exact) mass is 398 g/mol. The fourth-order valence-electron chi connectivity index (χ4n) is 2.94. The molecule has 3 heterocycles. The molecular weight excluding hydrogens is 380 g/mol. The summed E-state index contributed by atoms with van der Waals surface area (Å²) in [7, 11) is 0. The molecule has 0 N–H and O–H groups in total. The highest BCUT2D eigenvalue weighted by atomic mass is 32.2. The van der Waals surface area contributed by atoms with Crippen LogP contribution in [0.5, 0.6) is 0 Å². The lowest BCUT2D eigenvalue weighted by Gasteiger charge is -2.15. The Morgan fingerprint density at radius 2 is 1.96 bits per heavy atom. The van der Waals surface area contributed by atoms with Gasteiger partial charge in [-0.2, -0.15) is 0 Å². The molecule has 0 aliphatic heterocycles. The van der Waals surface area contributed by atoms with E-state index in [9.17, 15) is 4.79 Å². The summed E-state index contributed by atoms with van der Waals surface area (Å²) in [5, 5.41) is 5.86. The van der Waals surface area contributed by atoms with E-state index in [4.69, 9.17) is 4.98 Å². The summed E-state index contributed by atoms with van der Waals surface area (Å²) in [6.07, 6.45) is 0. The SMILES string of the molecule is CCn1c(S[C@H](C)c2ccccc2)nc2scc(-c3cccs3)c2c1=O. The Morgan fingerprint density at radius 1 is 1.15 bits per heavy atom. The molecule has 0 saturated carbocycles. The summed E-state index contributed by atoms with van der Waals surface area (Å²) in [5.74, 6) is 0. The van der Waals surface area contributed by atoms with Crippen LogP contribution in [0.1, 0.15) is 24.7 Å². The molecule has 0 saturated heterocycles. The molecule has 1 atom stereocenters. The predicted octanol–water partition coefficient (Wildman–Crippen LogP) is 6.06. The first-order valence-electron chi connectivity index (χ1n) is 8.46. The van der Waals surface area contributed by atoms with Crippen molar-refractivity contribution in [3.63, 3.8) is 0 Å². The van der Waals surface area contributed by atoms with Crippen LogP contribution in [0.2, 0.25) is 0 Å². The van der Waals surface area contributed by atoms with E-state index in [1.165, 1.54) is 5.56 Å². The molecule has 0 bridgehead atoms. The van der Waals surface area contributed by atoms with Crippen LogP contribution in [-0.2, 0) is 6.54 Å². The normalized spacial score (nSPS) is 12.5. The molecule has 0 radical (unpaired) electrons. The van der Waals surface area contributed by atoms with Gasteiger partial charge in [0.25, 0.3) is 5.56 Å². The summed E-state index contributed by atoms with van der Waals surface area (Å²) in [6, 6.07) is 14.4. The Hall–Kier alpha value is -1.89. The first-order valence-corrected chi connectivity index (χ1v) is 11.1. The Kier molecular flexibility index (Phi) is 4.98. The maximum absolute atomic E-state index is 13.2. The van der Waals surface area contributed by atoms with Crippen molar-refractivity contribution >= 4 is 44.7 Å². The molecular formula is C20H18N2OS3. The lowest BCUT2D eigenvalue weighted by atomic mass is 10.2.